The van der Waals surface area contributed by atoms with Crippen LogP contribution in [-0.2, 0) is 15.0 Å². The number of hydrogen-bond acceptors (Lipinski definition) is 4. The van der Waals surface area contributed by atoms with Crippen molar-refractivity contribution in [2.24, 2.45) is 23.7 Å². The fourth-order valence-electron chi connectivity index (χ4n) is 5.62. The second-order valence-corrected chi connectivity index (χ2v) is 10.1. The van der Waals surface area contributed by atoms with Gasteiger partial charge in [0, 0.05) is 0 Å². The summed E-state index contributed by atoms with van der Waals surface area (Å²) in [5.41, 5.74) is 1.95. The summed E-state index contributed by atoms with van der Waals surface area (Å²) in [4.78, 5) is 40.1. The van der Waals surface area contributed by atoms with Crippen LogP contribution in [0.2, 0.25) is 0 Å². The van der Waals surface area contributed by atoms with E-state index in [1.54, 1.807) is 36.4 Å². The second kappa shape index (κ2) is 7.04. The molecule has 1 heterocycles. The maximum atomic E-state index is 13.1. The zero-order valence-electron chi connectivity index (χ0n) is 18.1. The Morgan fingerprint density at radius 3 is 2.13 bits per heavy atom. The molecule has 5 rings (SSSR count). The molecule has 1 saturated heterocycles. The number of amides is 2. The summed E-state index contributed by atoms with van der Waals surface area (Å²) in [5, 5.41) is 0. The average molecular weight is 418 g/mol. The Hall–Kier alpha value is -2.95. The minimum absolute atomic E-state index is 0.0173. The third-order valence-electron chi connectivity index (χ3n) is 7.20. The van der Waals surface area contributed by atoms with Crippen LogP contribution in [-0.4, -0.2) is 17.8 Å². The quantitative estimate of drug-likeness (QED) is 0.411. The molecular formula is C26H27NO4. The molecule has 160 valence electrons. The van der Waals surface area contributed by atoms with Gasteiger partial charge in [0.25, 0.3) is 0 Å². The molecule has 0 aromatic heterocycles. The van der Waals surface area contributed by atoms with Gasteiger partial charge in [0.05, 0.1) is 23.1 Å². The Bertz CT molecular complexity index is 1040. The van der Waals surface area contributed by atoms with Gasteiger partial charge in [-0.15, -0.1) is 0 Å². The van der Waals surface area contributed by atoms with E-state index in [1.807, 2.05) is 12.1 Å². The molecule has 2 aromatic carbocycles. The van der Waals surface area contributed by atoms with Crippen molar-refractivity contribution in [1.82, 2.24) is 0 Å². The molecule has 3 fully saturated rings. The van der Waals surface area contributed by atoms with E-state index in [1.165, 1.54) is 4.90 Å². The normalized spacial score (nSPS) is 27.0. The van der Waals surface area contributed by atoms with Crippen LogP contribution in [0.3, 0.4) is 0 Å². The van der Waals surface area contributed by atoms with Crippen molar-refractivity contribution >= 4 is 23.5 Å². The average Bonchev–Trinajstić information content (AvgIpc) is 3.41. The standard InChI is InChI=1S/C26H27NO4/c1-26(2,3)18-9-11-20(12-10-18)31-25(30)17-5-4-6-19(14-17)27-23(28)21-15-7-8-16(13-15)22(21)24(27)29/h4-6,9-12,14-16,21-22H,7-8,13H2,1-3H3. The first kappa shape index (κ1) is 20.0. The Labute approximate surface area is 182 Å². The van der Waals surface area contributed by atoms with E-state index in [4.69, 9.17) is 4.74 Å². The number of carbonyl (C=O) groups is 3. The van der Waals surface area contributed by atoms with Crippen molar-refractivity contribution in [1.29, 1.82) is 0 Å². The topological polar surface area (TPSA) is 63.7 Å². The fraction of sp³-hybridized carbons (Fsp3) is 0.423. The van der Waals surface area contributed by atoms with Gasteiger partial charge >= 0.3 is 5.97 Å². The molecule has 0 spiro atoms. The maximum absolute atomic E-state index is 13.1. The van der Waals surface area contributed by atoms with E-state index in [-0.39, 0.29) is 29.1 Å². The van der Waals surface area contributed by atoms with E-state index in [0.717, 1.165) is 24.8 Å². The fourth-order valence-corrected chi connectivity index (χ4v) is 5.62. The van der Waals surface area contributed by atoms with Crippen LogP contribution in [0.4, 0.5) is 5.69 Å². The molecule has 5 nitrogen and oxygen atoms in total. The molecule has 3 aliphatic rings. The van der Waals surface area contributed by atoms with Crippen molar-refractivity contribution in [2.75, 3.05) is 4.90 Å². The molecule has 5 heteroatoms. The minimum atomic E-state index is -0.510. The lowest BCUT2D eigenvalue weighted by molar-refractivity contribution is -0.123. The molecule has 2 bridgehead atoms. The molecule has 1 aliphatic heterocycles. The Kier molecular flexibility index (Phi) is 4.54. The molecule has 0 N–H and O–H groups in total. The van der Waals surface area contributed by atoms with Crippen molar-refractivity contribution < 1.29 is 19.1 Å². The summed E-state index contributed by atoms with van der Waals surface area (Å²) in [6, 6.07) is 14.1. The van der Waals surface area contributed by atoms with Crippen LogP contribution in [0, 0.1) is 23.7 Å². The SMILES string of the molecule is CC(C)(C)c1ccc(OC(=O)c2cccc(N3C(=O)C4C5CCC(C5)C4C3=O)c2)cc1. The predicted molar refractivity (Wildman–Crippen MR) is 117 cm³/mol. The van der Waals surface area contributed by atoms with Crippen LogP contribution in [0.5, 0.6) is 5.75 Å². The highest BCUT2D eigenvalue weighted by Gasteiger charge is 2.61. The van der Waals surface area contributed by atoms with E-state index in [9.17, 15) is 14.4 Å². The van der Waals surface area contributed by atoms with Gasteiger partial charge < -0.3 is 4.74 Å². The van der Waals surface area contributed by atoms with Gasteiger partial charge in [-0.05, 0) is 72.4 Å². The zero-order chi connectivity index (χ0) is 21.9. The third kappa shape index (κ3) is 3.27. The number of ether oxygens (including phenoxy) is 1. The molecule has 2 saturated carbocycles. The molecule has 2 aliphatic carbocycles. The Balaban J connectivity index is 1.35. The number of hydrogen-bond donors (Lipinski definition) is 0. The number of benzene rings is 2. The summed E-state index contributed by atoms with van der Waals surface area (Å²) in [7, 11) is 0. The van der Waals surface area contributed by atoms with E-state index in [2.05, 4.69) is 20.8 Å². The number of fused-ring (bicyclic) bond motifs is 5. The van der Waals surface area contributed by atoms with Crippen LogP contribution in [0.1, 0.15) is 56.0 Å². The van der Waals surface area contributed by atoms with Crippen LogP contribution < -0.4 is 9.64 Å². The van der Waals surface area contributed by atoms with Crippen molar-refractivity contribution in [3.63, 3.8) is 0 Å². The Morgan fingerprint density at radius 1 is 0.935 bits per heavy atom. The van der Waals surface area contributed by atoms with Gasteiger partial charge in [0.1, 0.15) is 5.75 Å². The summed E-state index contributed by atoms with van der Waals surface area (Å²) in [6.45, 7) is 6.38. The second-order valence-electron chi connectivity index (χ2n) is 10.1. The van der Waals surface area contributed by atoms with Crippen molar-refractivity contribution in [3.05, 3.63) is 59.7 Å². The third-order valence-corrected chi connectivity index (χ3v) is 7.20. The molecule has 2 amide bonds. The van der Waals surface area contributed by atoms with Gasteiger partial charge in [0.2, 0.25) is 11.8 Å². The molecule has 0 radical (unpaired) electrons. The van der Waals surface area contributed by atoms with E-state index >= 15 is 0 Å². The largest absolute Gasteiger partial charge is 0.423 e. The highest BCUT2D eigenvalue weighted by molar-refractivity contribution is 6.22. The number of rotatable bonds is 3. The lowest BCUT2D eigenvalue weighted by Gasteiger charge is -2.19. The van der Waals surface area contributed by atoms with Gasteiger partial charge in [0.15, 0.2) is 0 Å². The van der Waals surface area contributed by atoms with Crippen LogP contribution in [0.15, 0.2) is 48.5 Å². The number of anilines is 1. The molecule has 31 heavy (non-hydrogen) atoms. The summed E-state index contributed by atoms with van der Waals surface area (Å²) < 4.78 is 5.53. The number of esters is 1. The monoisotopic (exact) mass is 417 g/mol. The minimum Gasteiger partial charge on any atom is -0.423 e. The lowest BCUT2D eigenvalue weighted by atomic mass is 9.81. The van der Waals surface area contributed by atoms with E-state index in [0.29, 0.717) is 28.8 Å². The van der Waals surface area contributed by atoms with Crippen LogP contribution >= 0.6 is 0 Å². The van der Waals surface area contributed by atoms with Crippen molar-refractivity contribution in [2.45, 2.75) is 45.4 Å². The first-order chi connectivity index (χ1) is 14.7. The number of carbonyl (C=O) groups excluding carboxylic acids is 3. The van der Waals surface area contributed by atoms with Crippen LogP contribution in [0.25, 0.3) is 0 Å². The van der Waals surface area contributed by atoms with E-state index < -0.39 is 5.97 Å². The molecular weight excluding hydrogens is 390 g/mol. The first-order valence-electron chi connectivity index (χ1n) is 11.0. The molecule has 2 aromatic rings. The smallest absolute Gasteiger partial charge is 0.343 e. The molecule has 4 atom stereocenters. The zero-order valence-corrected chi connectivity index (χ0v) is 18.1. The highest BCUT2D eigenvalue weighted by atomic mass is 16.5. The summed E-state index contributed by atoms with van der Waals surface area (Å²) in [5.74, 6) is 0.0521. The predicted octanol–water partition coefficient (Wildman–Crippen LogP) is 4.74. The van der Waals surface area contributed by atoms with Gasteiger partial charge in [-0.1, -0.05) is 39.0 Å². The highest BCUT2D eigenvalue weighted by Crippen LogP contribution is 2.56. The van der Waals surface area contributed by atoms with Crippen molar-refractivity contribution in [3.8, 4) is 5.75 Å². The summed E-state index contributed by atoms with van der Waals surface area (Å²) >= 11 is 0. The summed E-state index contributed by atoms with van der Waals surface area (Å²) in [6.07, 6.45) is 3.08. The Morgan fingerprint density at radius 2 is 1.55 bits per heavy atom. The number of nitrogens with zero attached hydrogens (tertiary/aromatic N) is 1. The van der Waals surface area contributed by atoms with Gasteiger partial charge in [-0.2, -0.15) is 0 Å². The lowest BCUT2D eigenvalue weighted by Crippen LogP contribution is -2.32. The maximum Gasteiger partial charge on any atom is 0.343 e. The van der Waals surface area contributed by atoms with Gasteiger partial charge in [-0.25, -0.2) is 4.79 Å². The first-order valence-corrected chi connectivity index (χ1v) is 11.0. The number of imide groups is 1. The molecule has 4 unspecified atom stereocenters. The van der Waals surface area contributed by atoms with Gasteiger partial charge in [-0.3, -0.25) is 14.5 Å².